The quantitative estimate of drug-likeness (QED) is 0.322. The van der Waals surface area contributed by atoms with Crippen molar-refractivity contribution in [3.63, 3.8) is 0 Å². The standard InChI is InChI=1S/C24H22F3N7O2/c25-24(26,27)20-13-30-21(14-29-20)33-11-9-32(10-12-33)19-5-7-28-22-18(19)6-8-34(22)15-16-1-3-17(4-2-16)23(35)31-36/h1-8,13-14,36H,9-12,15H2,(H,31,35). The molecule has 1 aliphatic heterocycles. The van der Waals surface area contributed by atoms with Gasteiger partial charge in [-0.3, -0.25) is 10.0 Å². The Hall–Kier alpha value is -4.19. The van der Waals surface area contributed by atoms with Gasteiger partial charge in [0, 0.05) is 61.8 Å². The monoisotopic (exact) mass is 497 g/mol. The second kappa shape index (κ2) is 9.46. The molecule has 4 heterocycles. The molecular formula is C24H22F3N7O2. The van der Waals surface area contributed by atoms with E-state index < -0.39 is 17.8 Å². The number of carbonyl (C=O) groups is 1. The highest BCUT2D eigenvalue weighted by atomic mass is 19.4. The molecule has 186 valence electrons. The minimum absolute atomic E-state index is 0.362. The summed E-state index contributed by atoms with van der Waals surface area (Å²) in [6, 6.07) is 10.9. The summed E-state index contributed by atoms with van der Waals surface area (Å²) >= 11 is 0. The molecule has 12 heteroatoms. The van der Waals surface area contributed by atoms with Crippen molar-refractivity contribution in [2.75, 3.05) is 36.0 Å². The first-order valence-corrected chi connectivity index (χ1v) is 11.2. The Bertz CT molecular complexity index is 1360. The number of halogens is 3. The van der Waals surface area contributed by atoms with E-state index in [1.165, 1.54) is 6.20 Å². The number of hydroxylamine groups is 1. The van der Waals surface area contributed by atoms with Gasteiger partial charge >= 0.3 is 6.18 Å². The summed E-state index contributed by atoms with van der Waals surface area (Å²) in [6.45, 7) is 3.08. The van der Waals surface area contributed by atoms with Gasteiger partial charge in [0.25, 0.3) is 5.91 Å². The summed E-state index contributed by atoms with van der Waals surface area (Å²) in [5.74, 6) is -0.138. The van der Waals surface area contributed by atoms with Gasteiger partial charge in [-0.2, -0.15) is 13.2 Å². The van der Waals surface area contributed by atoms with Gasteiger partial charge in [-0.25, -0.2) is 20.4 Å². The summed E-state index contributed by atoms with van der Waals surface area (Å²) in [5.41, 5.74) is 3.81. The van der Waals surface area contributed by atoms with Crippen LogP contribution in [-0.4, -0.2) is 56.8 Å². The number of fused-ring (bicyclic) bond motifs is 1. The maximum atomic E-state index is 12.8. The molecule has 0 bridgehead atoms. The third kappa shape index (κ3) is 4.67. The van der Waals surface area contributed by atoms with Gasteiger partial charge < -0.3 is 14.4 Å². The molecule has 1 saturated heterocycles. The lowest BCUT2D eigenvalue weighted by Gasteiger charge is -2.36. The molecule has 0 spiro atoms. The van der Waals surface area contributed by atoms with E-state index in [9.17, 15) is 18.0 Å². The van der Waals surface area contributed by atoms with Gasteiger partial charge in [-0.15, -0.1) is 0 Å². The number of piperazine rings is 1. The molecule has 0 saturated carbocycles. The Morgan fingerprint density at radius 3 is 2.31 bits per heavy atom. The van der Waals surface area contributed by atoms with Gasteiger partial charge in [0.15, 0.2) is 5.69 Å². The highest BCUT2D eigenvalue weighted by Gasteiger charge is 2.33. The SMILES string of the molecule is O=C(NO)c1ccc(Cn2ccc3c(N4CCN(c5cnc(C(F)(F)F)cn5)CC4)ccnc32)cc1. The molecular weight excluding hydrogens is 475 g/mol. The molecule has 0 aliphatic carbocycles. The van der Waals surface area contributed by atoms with Crippen LogP contribution in [0, 0.1) is 0 Å². The van der Waals surface area contributed by atoms with E-state index >= 15 is 0 Å². The average Bonchev–Trinajstić information content (AvgIpc) is 3.31. The Labute approximate surface area is 203 Å². The first kappa shape index (κ1) is 23.5. The van der Waals surface area contributed by atoms with Gasteiger partial charge in [-0.05, 0) is 29.8 Å². The summed E-state index contributed by atoms with van der Waals surface area (Å²) in [7, 11) is 0. The highest BCUT2D eigenvalue weighted by Crippen LogP contribution is 2.30. The number of alkyl halides is 3. The second-order valence-electron chi connectivity index (χ2n) is 8.38. The molecule has 1 fully saturated rings. The van der Waals surface area contributed by atoms with Crippen LogP contribution in [0.1, 0.15) is 21.6 Å². The third-order valence-electron chi connectivity index (χ3n) is 6.18. The van der Waals surface area contributed by atoms with Gasteiger partial charge in [0.05, 0.1) is 12.4 Å². The fourth-order valence-electron chi connectivity index (χ4n) is 4.31. The first-order chi connectivity index (χ1) is 17.3. The lowest BCUT2D eigenvalue weighted by Crippen LogP contribution is -2.47. The van der Waals surface area contributed by atoms with Crippen molar-refractivity contribution in [3.8, 4) is 0 Å². The summed E-state index contributed by atoms with van der Waals surface area (Å²) in [5, 5.41) is 9.76. The zero-order valence-electron chi connectivity index (χ0n) is 19.0. The van der Waals surface area contributed by atoms with Crippen LogP contribution in [0.25, 0.3) is 11.0 Å². The number of hydrogen-bond donors (Lipinski definition) is 2. The number of amides is 1. The van der Waals surface area contributed by atoms with Crippen molar-refractivity contribution in [1.29, 1.82) is 0 Å². The topological polar surface area (TPSA) is 99.4 Å². The summed E-state index contributed by atoms with van der Waals surface area (Å²) in [4.78, 5) is 27.7. The largest absolute Gasteiger partial charge is 0.434 e. The molecule has 3 aromatic heterocycles. The van der Waals surface area contributed by atoms with E-state index in [2.05, 4.69) is 19.9 Å². The molecule has 0 unspecified atom stereocenters. The molecule has 0 atom stereocenters. The molecule has 1 aromatic carbocycles. The number of hydrogen-bond acceptors (Lipinski definition) is 7. The number of benzene rings is 1. The number of carbonyl (C=O) groups excluding carboxylic acids is 1. The van der Waals surface area contributed by atoms with Crippen molar-refractivity contribution in [2.24, 2.45) is 0 Å². The molecule has 9 nitrogen and oxygen atoms in total. The van der Waals surface area contributed by atoms with Crippen molar-refractivity contribution < 1.29 is 23.2 Å². The number of rotatable bonds is 5. The van der Waals surface area contributed by atoms with Crippen molar-refractivity contribution >= 4 is 28.4 Å². The molecule has 0 radical (unpaired) electrons. The van der Waals surface area contributed by atoms with Gasteiger partial charge in [0.1, 0.15) is 11.5 Å². The Morgan fingerprint density at radius 2 is 1.67 bits per heavy atom. The lowest BCUT2D eigenvalue weighted by atomic mass is 10.1. The van der Waals surface area contributed by atoms with E-state index in [-0.39, 0.29) is 0 Å². The molecule has 1 amide bonds. The van der Waals surface area contributed by atoms with Crippen molar-refractivity contribution in [2.45, 2.75) is 12.7 Å². The van der Waals surface area contributed by atoms with E-state index in [4.69, 9.17) is 5.21 Å². The number of anilines is 2. The minimum Gasteiger partial charge on any atom is -0.367 e. The number of nitrogens with zero attached hydrogens (tertiary/aromatic N) is 6. The fraction of sp³-hybridized carbons (Fsp3) is 0.250. The molecule has 2 N–H and O–H groups in total. The van der Waals surface area contributed by atoms with Crippen LogP contribution in [0.15, 0.2) is 61.2 Å². The fourth-order valence-corrected chi connectivity index (χ4v) is 4.31. The smallest absolute Gasteiger partial charge is 0.367 e. The van der Waals surface area contributed by atoms with Crippen molar-refractivity contribution in [1.82, 2.24) is 25.0 Å². The Balaban J connectivity index is 1.29. The number of aromatic nitrogens is 4. The van der Waals surface area contributed by atoms with E-state index in [1.54, 1.807) is 23.8 Å². The maximum Gasteiger partial charge on any atom is 0.434 e. The van der Waals surface area contributed by atoms with Crippen molar-refractivity contribution in [3.05, 3.63) is 78.0 Å². The zero-order chi connectivity index (χ0) is 25.3. The zero-order valence-corrected chi connectivity index (χ0v) is 19.0. The van der Waals surface area contributed by atoms with Crippen LogP contribution in [0.5, 0.6) is 0 Å². The first-order valence-electron chi connectivity index (χ1n) is 11.2. The minimum atomic E-state index is -4.51. The third-order valence-corrected chi connectivity index (χ3v) is 6.18. The molecule has 36 heavy (non-hydrogen) atoms. The Kier molecular flexibility index (Phi) is 6.18. The highest BCUT2D eigenvalue weighted by molar-refractivity contribution is 5.93. The predicted octanol–water partition coefficient (Wildman–Crippen LogP) is 3.34. The number of pyridine rings is 1. The summed E-state index contributed by atoms with van der Waals surface area (Å²) in [6.07, 6.45) is 1.16. The summed E-state index contributed by atoms with van der Waals surface area (Å²) < 4.78 is 40.3. The van der Waals surface area contributed by atoms with E-state index in [0.29, 0.717) is 44.1 Å². The van der Waals surface area contributed by atoms with E-state index in [0.717, 1.165) is 28.5 Å². The second-order valence-corrected chi connectivity index (χ2v) is 8.38. The molecule has 4 aromatic rings. The molecule has 1 aliphatic rings. The van der Waals surface area contributed by atoms with Crippen LogP contribution in [0.3, 0.4) is 0 Å². The van der Waals surface area contributed by atoms with E-state index in [1.807, 2.05) is 39.9 Å². The normalized spacial score (nSPS) is 14.3. The lowest BCUT2D eigenvalue weighted by molar-refractivity contribution is -0.141. The van der Waals surface area contributed by atoms with Gasteiger partial charge in [0.2, 0.25) is 0 Å². The predicted molar refractivity (Wildman–Crippen MR) is 126 cm³/mol. The van der Waals surface area contributed by atoms with Crippen LogP contribution in [0.2, 0.25) is 0 Å². The maximum absolute atomic E-state index is 12.8. The Morgan fingerprint density at radius 1 is 0.944 bits per heavy atom. The van der Waals surface area contributed by atoms with Crippen LogP contribution in [0.4, 0.5) is 24.7 Å². The van der Waals surface area contributed by atoms with Gasteiger partial charge in [-0.1, -0.05) is 12.1 Å². The average molecular weight is 497 g/mol. The van der Waals surface area contributed by atoms with Crippen LogP contribution >= 0.6 is 0 Å². The van der Waals surface area contributed by atoms with Crippen LogP contribution in [-0.2, 0) is 12.7 Å². The number of nitrogens with one attached hydrogen (secondary N) is 1. The molecule has 5 rings (SSSR count). The van der Waals surface area contributed by atoms with Crippen LogP contribution < -0.4 is 15.3 Å².